The summed E-state index contributed by atoms with van der Waals surface area (Å²) in [6, 6.07) is 11.5. The highest BCUT2D eigenvalue weighted by molar-refractivity contribution is 6.14. The highest BCUT2D eigenvalue weighted by Crippen LogP contribution is 2.39. The van der Waals surface area contributed by atoms with E-state index in [1.165, 1.54) is 0 Å². The molecule has 0 spiro atoms. The van der Waals surface area contributed by atoms with E-state index in [0.29, 0.717) is 11.5 Å². The topological polar surface area (TPSA) is 54.0 Å². The summed E-state index contributed by atoms with van der Waals surface area (Å²) in [5.74, 6) is 2.94. The Balaban J connectivity index is 1.49. The molecule has 0 aromatic heterocycles. The van der Waals surface area contributed by atoms with Crippen molar-refractivity contribution in [3.05, 3.63) is 58.7 Å². The van der Waals surface area contributed by atoms with E-state index in [1.807, 2.05) is 48.6 Å². The summed E-state index contributed by atoms with van der Waals surface area (Å²) < 4.78 is 22.0. The Morgan fingerprint density at radius 3 is 1.74 bits per heavy atom. The molecule has 0 amide bonds. The maximum absolute atomic E-state index is 13.1. The SMILES string of the molecule is O=C1/C(=C/c2cccc3c2OCO3)CCC/C1=C\c1cccc2c1OCO2. The smallest absolute Gasteiger partial charge is 0.231 e. The number of ketones is 1. The minimum Gasteiger partial charge on any atom is -0.454 e. The monoisotopic (exact) mass is 362 g/mol. The molecule has 0 bridgehead atoms. The van der Waals surface area contributed by atoms with E-state index in [2.05, 4.69) is 0 Å². The number of rotatable bonds is 2. The van der Waals surface area contributed by atoms with E-state index in [4.69, 9.17) is 18.9 Å². The molecular formula is C22H18O5. The lowest BCUT2D eigenvalue weighted by atomic mass is 9.86. The summed E-state index contributed by atoms with van der Waals surface area (Å²) in [5.41, 5.74) is 3.35. The molecule has 1 aliphatic carbocycles. The van der Waals surface area contributed by atoms with E-state index in [9.17, 15) is 4.79 Å². The van der Waals surface area contributed by atoms with Crippen LogP contribution in [0.5, 0.6) is 23.0 Å². The van der Waals surface area contributed by atoms with Crippen LogP contribution in [0.25, 0.3) is 12.2 Å². The summed E-state index contributed by atoms with van der Waals surface area (Å²) in [7, 11) is 0. The zero-order valence-corrected chi connectivity index (χ0v) is 14.7. The van der Waals surface area contributed by atoms with E-state index >= 15 is 0 Å². The molecule has 27 heavy (non-hydrogen) atoms. The Hall–Kier alpha value is -3.21. The molecule has 5 nitrogen and oxygen atoms in total. The van der Waals surface area contributed by atoms with Crippen LogP contribution in [0.2, 0.25) is 0 Å². The summed E-state index contributed by atoms with van der Waals surface area (Å²) in [6.45, 7) is 0.436. The van der Waals surface area contributed by atoms with Crippen LogP contribution < -0.4 is 18.9 Å². The van der Waals surface area contributed by atoms with Gasteiger partial charge in [0.15, 0.2) is 28.8 Å². The molecule has 2 heterocycles. The predicted molar refractivity (Wildman–Crippen MR) is 99.9 cm³/mol. The first-order chi connectivity index (χ1) is 13.3. The van der Waals surface area contributed by atoms with Crippen LogP contribution in [0.3, 0.4) is 0 Å². The van der Waals surface area contributed by atoms with Gasteiger partial charge in [-0.25, -0.2) is 0 Å². The van der Waals surface area contributed by atoms with Crippen molar-refractivity contribution < 1.29 is 23.7 Å². The average Bonchev–Trinajstić information content (AvgIpc) is 3.35. The van der Waals surface area contributed by atoms with Crippen molar-refractivity contribution in [2.24, 2.45) is 0 Å². The molecule has 1 fully saturated rings. The average molecular weight is 362 g/mol. The molecule has 5 rings (SSSR count). The Morgan fingerprint density at radius 2 is 1.22 bits per heavy atom. The van der Waals surface area contributed by atoms with Crippen LogP contribution in [0.15, 0.2) is 47.5 Å². The number of benzene rings is 2. The van der Waals surface area contributed by atoms with Crippen LogP contribution in [0, 0.1) is 0 Å². The number of para-hydroxylation sites is 2. The van der Waals surface area contributed by atoms with E-state index in [1.54, 1.807) is 0 Å². The molecule has 0 radical (unpaired) electrons. The van der Waals surface area contributed by atoms with Crippen LogP contribution >= 0.6 is 0 Å². The molecule has 136 valence electrons. The lowest BCUT2D eigenvalue weighted by molar-refractivity contribution is -0.112. The number of hydrogen-bond acceptors (Lipinski definition) is 5. The van der Waals surface area contributed by atoms with Crippen LogP contribution in [0.1, 0.15) is 30.4 Å². The summed E-state index contributed by atoms with van der Waals surface area (Å²) in [4.78, 5) is 13.1. The Kier molecular flexibility index (Phi) is 3.85. The van der Waals surface area contributed by atoms with Gasteiger partial charge >= 0.3 is 0 Å². The van der Waals surface area contributed by atoms with Crippen molar-refractivity contribution in [2.75, 3.05) is 13.6 Å². The van der Waals surface area contributed by atoms with Gasteiger partial charge in [-0.15, -0.1) is 0 Å². The molecule has 2 aromatic carbocycles. The maximum Gasteiger partial charge on any atom is 0.231 e. The normalized spacial score (nSPS) is 20.5. The highest BCUT2D eigenvalue weighted by Gasteiger charge is 2.24. The van der Waals surface area contributed by atoms with Crippen molar-refractivity contribution in [3.63, 3.8) is 0 Å². The standard InChI is InChI=1S/C22H18O5/c23-20-14(10-16-6-2-8-18-21(16)26-12-24-18)4-1-5-15(20)11-17-7-3-9-19-22(17)27-13-25-19/h2-3,6-11H,1,4-5,12-13H2/b14-10+,15-11+. The second-order valence-electron chi connectivity index (χ2n) is 6.68. The van der Waals surface area contributed by atoms with Crippen molar-refractivity contribution in [3.8, 4) is 23.0 Å². The second kappa shape index (κ2) is 6.50. The van der Waals surface area contributed by atoms with Gasteiger partial charge in [0.1, 0.15) is 0 Å². The highest BCUT2D eigenvalue weighted by atomic mass is 16.7. The molecule has 2 aromatic rings. The molecule has 0 N–H and O–H groups in total. The second-order valence-corrected chi connectivity index (χ2v) is 6.68. The number of carbonyl (C=O) groups excluding carboxylic acids is 1. The zero-order chi connectivity index (χ0) is 18.2. The first kappa shape index (κ1) is 16.0. The van der Waals surface area contributed by atoms with Gasteiger partial charge in [-0.2, -0.15) is 0 Å². The minimum atomic E-state index is 0.0780. The van der Waals surface area contributed by atoms with Crippen molar-refractivity contribution in [1.82, 2.24) is 0 Å². The van der Waals surface area contributed by atoms with Crippen molar-refractivity contribution >= 4 is 17.9 Å². The molecule has 3 aliphatic rings. The third kappa shape index (κ3) is 2.85. The third-order valence-electron chi connectivity index (χ3n) is 4.99. The molecule has 0 unspecified atom stereocenters. The lowest BCUT2D eigenvalue weighted by Crippen LogP contribution is -2.12. The Bertz CT molecular complexity index is 909. The fourth-order valence-electron chi connectivity index (χ4n) is 3.69. The van der Waals surface area contributed by atoms with Gasteiger partial charge in [-0.3, -0.25) is 4.79 Å². The van der Waals surface area contributed by atoms with Crippen LogP contribution in [-0.4, -0.2) is 19.4 Å². The number of hydrogen-bond donors (Lipinski definition) is 0. The van der Waals surface area contributed by atoms with Crippen LogP contribution in [-0.2, 0) is 4.79 Å². The summed E-state index contributed by atoms with van der Waals surface area (Å²) >= 11 is 0. The number of allylic oxidation sites excluding steroid dienone is 2. The third-order valence-corrected chi connectivity index (χ3v) is 4.99. The van der Waals surface area contributed by atoms with Crippen LogP contribution in [0.4, 0.5) is 0 Å². The first-order valence-electron chi connectivity index (χ1n) is 9.03. The number of ether oxygens (including phenoxy) is 4. The quantitative estimate of drug-likeness (QED) is 0.743. The van der Waals surface area contributed by atoms with E-state index in [0.717, 1.165) is 53.0 Å². The molecular weight excluding hydrogens is 344 g/mol. The fourth-order valence-corrected chi connectivity index (χ4v) is 3.69. The number of carbonyl (C=O) groups is 1. The minimum absolute atomic E-state index is 0.0780. The first-order valence-corrected chi connectivity index (χ1v) is 9.03. The fraction of sp³-hybridized carbons (Fsp3) is 0.227. The summed E-state index contributed by atoms with van der Waals surface area (Å²) in [6.07, 6.45) is 6.30. The Labute approximate surface area is 156 Å². The molecule has 1 saturated carbocycles. The number of fused-ring (bicyclic) bond motifs is 2. The zero-order valence-electron chi connectivity index (χ0n) is 14.7. The van der Waals surface area contributed by atoms with Gasteiger partial charge in [0.2, 0.25) is 13.6 Å². The molecule has 0 saturated heterocycles. The van der Waals surface area contributed by atoms with E-state index < -0.39 is 0 Å². The van der Waals surface area contributed by atoms with Gasteiger partial charge in [0, 0.05) is 22.3 Å². The van der Waals surface area contributed by atoms with Gasteiger partial charge in [-0.1, -0.05) is 24.3 Å². The van der Waals surface area contributed by atoms with Gasteiger partial charge in [-0.05, 0) is 43.5 Å². The van der Waals surface area contributed by atoms with Crippen molar-refractivity contribution in [1.29, 1.82) is 0 Å². The van der Waals surface area contributed by atoms with Gasteiger partial charge < -0.3 is 18.9 Å². The summed E-state index contributed by atoms with van der Waals surface area (Å²) in [5, 5.41) is 0. The van der Waals surface area contributed by atoms with Gasteiger partial charge in [0.05, 0.1) is 0 Å². The largest absolute Gasteiger partial charge is 0.454 e. The van der Waals surface area contributed by atoms with Gasteiger partial charge in [0.25, 0.3) is 0 Å². The predicted octanol–water partition coefficient (Wildman–Crippen LogP) is 4.36. The molecule has 5 heteroatoms. The molecule has 2 aliphatic heterocycles. The van der Waals surface area contributed by atoms with Crippen molar-refractivity contribution in [2.45, 2.75) is 19.3 Å². The van der Waals surface area contributed by atoms with E-state index in [-0.39, 0.29) is 19.4 Å². The maximum atomic E-state index is 13.1. The molecule has 0 atom stereocenters. The lowest BCUT2D eigenvalue weighted by Gasteiger charge is -2.17. The Morgan fingerprint density at radius 1 is 0.704 bits per heavy atom. The number of Topliss-reactive ketones (excluding diaryl/α,β-unsaturated/α-hetero) is 1.